The minimum Gasteiger partial charge on any atom is -0.369 e. The van der Waals surface area contributed by atoms with Crippen LogP contribution in [0.5, 0.6) is 0 Å². The molecular weight excluding hydrogens is 285 g/mol. The number of aromatic nitrogens is 2. The van der Waals surface area contributed by atoms with Crippen molar-refractivity contribution in [2.75, 3.05) is 30.9 Å². The van der Waals surface area contributed by atoms with Crippen LogP contribution < -0.4 is 16.6 Å². The lowest BCUT2D eigenvalue weighted by molar-refractivity contribution is -0.144. The highest BCUT2D eigenvalue weighted by Gasteiger charge is 2.35. The first-order valence-electron chi connectivity index (χ1n) is 6.65. The minimum atomic E-state index is -4.61. The van der Waals surface area contributed by atoms with Gasteiger partial charge >= 0.3 is 6.18 Å². The highest BCUT2D eigenvalue weighted by Crippen LogP contribution is 2.28. The van der Waals surface area contributed by atoms with Gasteiger partial charge in [0.25, 0.3) is 0 Å². The van der Waals surface area contributed by atoms with Gasteiger partial charge in [-0.05, 0) is 20.4 Å². The SMILES string of the molecule is CCC(C)N(C)CCNc1cc(NN)nc(C(F)(F)F)n1. The molecule has 0 radical (unpaired) electrons. The van der Waals surface area contributed by atoms with Crippen molar-refractivity contribution < 1.29 is 13.2 Å². The molecule has 0 saturated heterocycles. The number of hydrogen-bond donors (Lipinski definition) is 3. The molecule has 0 amide bonds. The van der Waals surface area contributed by atoms with Gasteiger partial charge in [0.05, 0.1) is 0 Å². The molecule has 0 spiro atoms. The maximum atomic E-state index is 12.7. The van der Waals surface area contributed by atoms with Crippen molar-refractivity contribution >= 4 is 11.6 Å². The van der Waals surface area contributed by atoms with Gasteiger partial charge in [0.2, 0.25) is 5.82 Å². The van der Waals surface area contributed by atoms with Crippen LogP contribution in [0.25, 0.3) is 0 Å². The van der Waals surface area contributed by atoms with E-state index in [0.717, 1.165) is 6.42 Å². The van der Waals surface area contributed by atoms with Crippen LogP contribution in [0.15, 0.2) is 6.07 Å². The molecule has 1 rings (SSSR count). The van der Waals surface area contributed by atoms with Gasteiger partial charge in [0, 0.05) is 25.2 Å². The molecule has 0 aromatic carbocycles. The Balaban J connectivity index is 2.71. The van der Waals surface area contributed by atoms with Crippen molar-refractivity contribution in [3.8, 4) is 0 Å². The third-order valence-corrected chi connectivity index (χ3v) is 3.24. The Morgan fingerprint density at radius 1 is 1.33 bits per heavy atom. The Hall–Kier alpha value is -1.61. The number of nitrogens with two attached hydrogens (primary N) is 1. The van der Waals surface area contributed by atoms with Gasteiger partial charge in [-0.2, -0.15) is 13.2 Å². The second-order valence-corrected chi connectivity index (χ2v) is 4.77. The van der Waals surface area contributed by atoms with Crippen molar-refractivity contribution in [2.24, 2.45) is 5.84 Å². The van der Waals surface area contributed by atoms with E-state index in [4.69, 9.17) is 5.84 Å². The molecule has 9 heteroatoms. The van der Waals surface area contributed by atoms with Crippen LogP contribution in [0.4, 0.5) is 24.8 Å². The predicted octanol–water partition coefficient (Wildman–Crippen LogP) is 1.92. The lowest BCUT2D eigenvalue weighted by Crippen LogP contribution is -2.32. The Morgan fingerprint density at radius 3 is 2.48 bits per heavy atom. The predicted molar refractivity (Wildman–Crippen MR) is 75.7 cm³/mol. The van der Waals surface area contributed by atoms with Crippen molar-refractivity contribution in [1.82, 2.24) is 14.9 Å². The Morgan fingerprint density at radius 2 is 1.95 bits per heavy atom. The summed E-state index contributed by atoms with van der Waals surface area (Å²) in [6.07, 6.45) is -3.61. The number of nitrogens with one attached hydrogen (secondary N) is 2. The Labute approximate surface area is 121 Å². The van der Waals surface area contributed by atoms with Crippen LogP contribution in [-0.2, 0) is 6.18 Å². The molecule has 0 bridgehead atoms. The zero-order valence-corrected chi connectivity index (χ0v) is 12.3. The van der Waals surface area contributed by atoms with E-state index in [-0.39, 0.29) is 11.6 Å². The first-order valence-corrected chi connectivity index (χ1v) is 6.65. The smallest absolute Gasteiger partial charge is 0.369 e. The van der Waals surface area contributed by atoms with Crippen molar-refractivity contribution in [1.29, 1.82) is 0 Å². The molecule has 4 N–H and O–H groups in total. The van der Waals surface area contributed by atoms with E-state index in [1.165, 1.54) is 6.07 Å². The van der Waals surface area contributed by atoms with E-state index in [1.807, 2.05) is 7.05 Å². The summed E-state index contributed by atoms with van der Waals surface area (Å²) in [7, 11) is 1.96. The molecule has 1 aromatic heterocycles. The fraction of sp³-hybridized carbons (Fsp3) is 0.667. The molecule has 0 aliphatic carbocycles. The first-order chi connectivity index (χ1) is 9.77. The van der Waals surface area contributed by atoms with Crippen LogP contribution in [0, 0.1) is 0 Å². The molecule has 0 aliphatic rings. The van der Waals surface area contributed by atoms with Gasteiger partial charge in [0.1, 0.15) is 11.6 Å². The van der Waals surface area contributed by atoms with Crippen molar-refractivity contribution in [2.45, 2.75) is 32.5 Å². The number of likely N-dealkylation sites (N-methyl/N-ethyl adjacent to an activating group) is 1. The summed E-state index contributed by atoms with van der Waals surface area (Å²) in [5.74, 6) is 3.89. The first kappa shape index (κ1) is 17.4. The minimum absolute atomic E-state index is 0.0860. The largest absolute Gasteiger partial charge is 0.451 e. The van der Waals surface area contributed by atoms with Gasteiger partial charge in [-0.1, -0.05) is 6.92 Å². The molecule has 1 aromatic rings. The molecule has 0 aliphatic heterocycles. The fourth-order valence-electron chi connectivity index (χ4n) is 1.63. The number of nitrogens with zero attached hydrogens (tertiary/aromatic N) is 3. The average Bonchev–Trinajstić information content (AvgIpc) is 2.44. The number of anilines is 2. The lowest BCUT2D eigenvalue weighted by atomic mass is 10.2. The normalized spacial score (nSPS) is 13.3. The van der Waals surface area contributed by atoms with Crippen LogP contribution in [0.3, 0.4) is 0 Å². The molecule has 21 heavy (non-hydrogen) atoms. The molecule has 6 nitrogen and oxygen atoms in total. The summed E-state index contributed by atoms with van der Waals surface area (Å²) >= 11 is 0. The average molecular weight is 306 g/mol. The van der Waals surface area contributed by atoms with Crippen LogP contribution >= 0.6 is 0 Å². The summed E-state index contributed by atoms with van der Waals surface area (Å²) in [5.41, 5.74) is 2.10. The van der Waals surface area contributed by atoms with E-state index >= 15 is 0 Å². The number of hydrazine groups is 1. The van der Waals surface area contributed by atoms with E-state index in [1.54, 1.807) is 0 Å². The summed E-state index contributed by atoms with van der Waals surface area (Å²) in [5, 5.41) is 2.85. The second kappa shape index (κ2) is 7.41. The molecule has 120 valence electrons. The van der Waals surface area contributed by atoms with Gasteiger partial charge in [-0.25, -0.2) is 15.8 Å². The third-order valence-electron chi connectivity index (χ3n) is 3.24. The zero-order chi connectivity index (χ0) is 16.0. The van der Waals surface area contributed by atoms with Gasteiger partial charge < -0.3 is 15.6 Å². The Kier molecular flexibility index (Phi) is 6.16. The fourth-order valence-corrected chi connectivity index (χ4v) is 1.63. The third kappa shape index (κ3) is 5.35. The zero-order valence-electron chi connectivity index (χ0n) is 12.3. The van der Waals surface area contributed by atoms with E-state index in [9.17, 15) is 13.2 Å². The highest BCUT2D eigenvalue weighted by molar-refractivity contribution is 5.47. The number of hydrogen-bond acceptors (Lipinski definition) is 6. The van der Waals surface area contributed by atoms with E-state index in [2.05, 4.69) is 39.5 Å². The molecular formula is C12H21F3N6. The molecule has 0 fully saturated rings. The summed E-state index contributed by atoms with van der Waals surface area (Å²) in [6.45, 7) is 5.32. The second-order valence-electron chi connectivity index (χ2n) is 4.77. The number of rotatable bonds is 7. The molecule has 0 saturated carbocycles. The maximum absolute atomic E-state index is 12.7. The summed E-state index contributed by atoms with van der Waals surface area (Å²) < 4.78 is 38.0. The number of alkyl halides is 3. The van der Waals surface area contributed by atoms with Gasteiger partial charge in [-0.15, -0.1) is 0 Å². The van der Waals surface area contributed by atoms with Gasteiger partial charge in [-0.3, -0.25) is 0 Å². The molecule has 1 heterocycles. The Bertz CT molecular complexity index is 451. The van der Waals surface area contributed by atoms with E-state index in [0.29, 0.717) is 19.1 Å². The summed E-state index contributed by atoms with van der Waals surface area (Å²) in [6, 6.07) is 1.74. The lowest BCUT2D eigenvalue weighted by Gasteiger charge is -2.23. The van der Waals surface area contributed by atoms with E-state index < -0.39 is 12.0 Å². The van der Waals surface area contributed by atoms with Crippen LogP contribution in [0.2, 0.25) is 0 Å². The van der Waals surface area contributed by atoms with Crippen molar-refractivity contribution in [3.63, 3.8) is 0 Å². The monoisotopic (exact) mass is 306 g/mol. The van der Waals surface area contributed by atoms with Crippen LogP contribution in [-0.4, -0.2) is 41.0 Å². The quantitative estimate of drug-likeness (QED) is 0.528. The molecule has 1 unspecified atom stereocenters. The van der Waals surface area contributed by atoms with Gasteiger partial charge in [0.15, 0.2) is 0 Å². The number of nitrogen functional groups attached to an aromatic ring is 1. The summed E-state index contributed by atoms with van der Waals surface area (Å²) in [4.78, 5) is 8.85. The standard InChI is InChI=1S/C12H21F3N6/c1-4-8(2)21(3)6-5-17-9-7-10(20-16)19-11(18-9)12(13,14)15/h7-8H,4-6,16H2,1-3H3,(H2,17,18,19,20). The molecule has 1 atom stereocenters. The number of halogens is 3. The van der Waals surface area contributed by atoms with Crippen molar-refractivity contribution in [3.05, 3.63) is 11.9 Å². The van der Waals surface area contributed by atoms with Crippen LogP contribution in [0.1, 0.15) is 26.1 Å². The topological polar surface area (TPSA) is 79.1 Å². The highest BCUT2D eigenvalue weighted by atomic mass is 19.4. The maximum Gasteiger partial charge on any atom is 0.451 e.